The highest BCUT2D eigenvalue weighted by atomic mass is 16.1. The third kappa shape index (κ3) is 3.05. The maximum Gasteiger partial charge on any atom is 0.158 e. The lowest BCUT2D eigenvalue weighted by molar-refractivity contribution is 0.112. The summed E-state index contributed by atoms with van der Waals surface area (Å²) in [6.07, 6.45) is 10.3. The van der Waals surface area contributed by atoms with Crippen LogP contribution in [-0.2, 0) is 13.0 Å². The number of rotatable bonds is 5. The van der Waals surface area contributed by atoms with Crippen LogP contribution in [0.5, 0.6) is 0 Å². The summed E-state index contributed by atoms with van der Waals surface area (Å²) in [7, 11) is 0. The molecule has 2 aromatic heterocycles. The van der Waals surface area contributed by atoms with Gasteiger partial charge in [0.2, 0.25) is 0 Å². The number of aryl methyl sites for hydroxylation is 1. The second-order valence-electron chi connectivity index (χ2n) is 7.24. The van der Waals surface area contributed by atoms with E-state index < -0.39 is 0 Å². The van der Waals surface area contributed by atoms with Gasteiger partial charge < -0.3 is 0 Å². The van der Waals surface area contributed by atoms with Crippen molar-refractivity contribution in [1.29, 1.82) is 0 Å². The van der Waals surface area contributed by atoms with E-state index in [-0.39, 0.29) is 0 Å². The Kier molecular flexibility index (Phi) is 4.83. The minimum absolute atomic E-state index is 0.654. The van der Waals surface area contributed by atoms with E-state index in [1.54, 1.807) is 0 Å². The fourth-order valence-corrected chi connectivity index (χ4v) is 4.24. The quantitative estimate of drug-likeness (QED) is 0.607. The number of fused-ring (bicyclic) bond motifs is 1. The molecule has 0 saturated heterocycles. The van der Waals surface area contributed by atoms with Crippen LogP contribution in [-0.4, -0.2) is 21.1 Å². The van der Waals surface area contributed by atoms with Gasteiger partial charge in [-0.15, -0.1) is 0 Å². The molecule has 0 atom stereocenters. The summed E-state index contributed by atoms with van der Waals surface area (Å²) in [5.74, 6) is 0.654. The molecule has 1 saturated carbocycles. The van der Waals surface area contributed by atoms with Crippen LogP contribution >= 0.6 is 0 Å². The molecule has 1 aliphatic rings. The standard InChI is InChI=1S/C22H25N3O/c1-2-25-22-19(14-23-25)18(13-16-9-5-3-6-10-16)20(15-26)21(24-22)17-11-7-4-8-12-17/h4,7-8,11-12,14-16H,2-3,5-6,9-10,13H2,1H3. The van der Waals surface area contributed by atoms with Crippen LogP contribution in [0.3, 0.4) is 0 Å². The zero-order valence-electron chi connectivity index (χ0n) is 15.3. The summed E-state index contributed by atoms with van der Waals surface area (Å²) in [6, 6.07) is 10.0. The molecule has 26 heavy (non-hydrogen) atoms. The monoisotopic (exact) mass is 347 g/mol. The van der Waals surface area contributed by atoms with Crippen LogP contribution in [0.1, 0.15) is 54.9 Å². The van der Waals surface area contributed by atoms with Gasteiger partial charge in [-0.2, -0.15) is 5.10 Å². The molecule has 134 valence electrons. The molecule has 4 rings (SSSR count). The van der Waals surface area contributed by atoms with E-state index in [4.69, 9.17) is 4.98 Å². The minimum Gasteiger partial charge on any atom is -0.298 e. The van der Waals surface area contributed by atoms with E-state index in [1.807, 2.05) is 41.2 Å². The first-order valence-electron chi connectivity index (χ1n) is 9.70. The Balaban J connectivity index is 1.91. The van der Waals surface area contributed by atoms with Crippen LogP contribution in [0, 0.1) is 5.92 Å². The first kappa shape index (κ1) is 17.0. The van der Waals surface area contributed by atoms with Gasteiger partial charge in [0.05, 0.1) is 11.9 Å². The average molecular weight is 347 g/mol. The Morgan fingerprint density at radius 1 is 1.15 bits per heavy atom. The number of benzene rings is 1. The van der Waals surface area contributed by atoms with E-state index >= 15 is 0 Å². The SMILES string of the molecule is CCn1ncc2c(CC3CCCCC3)c(C=O)c(-c3ccccc3)nc21. The average Bonchev–Trinajstić information content (AvgIpc) is 3.12. The van der Waals surface area contributed by atoms with Crippen LogP contribution in [0.25, 0.3) is 22.3 Å². The fraction of sp³-hybridized carbons (Fsp3) is 0.409. The van der Waals surface area contributed by atoms with Crippen molar-refractivity contribution in [3.05, 3.63) is 47.7 Å². The predicted octanol–water partition coefficient (Wildman–Crippen LogP) is 5.05. The van der Waals surface area contributed by atoms with Crippen LogP contribution in [0.2, 0.25) is 0 Å². The predicted molar refractivity (Wildman–Crippen MR) is 104 cm³/mol. The second kappa shape index (κ2) is 7.40. The van der Waals surface area contributed by atoms with Gasteiger partial charge in [-0.1, -0.05) is 62.4 Å². The maximum absolute atomic E-state index is 12.1. The van der Waals surface area contributed by atoms with Crippen molar-refractivity contribution < 1.29 is 4.79 Å². The second-order valence-corrected chi connectivity index (χ2v) is 7.24. The molecule has 0 bridgehead atoms. The lowest BCUT2D eigenvalue weighted by atomic mass is 9.83. The third-order valence-electron chi connectivity index (χ3n) is 5.62. The molecular weight excluding hydrogens is 322 g/mol. The number of carbonyl (C=O) groups excluding carboxylic acids is 1. The van der Waals surface area contributed by atoms with Crippen molar-refractivity contribution in [2.45, 2.75) is 52.0 Å². The maximum atomic E-state index is 12.1. The molecule has 1 fully saturated rings. The van der Waals surface area contributed by atoms with Crippen molar-refractivity contribution in [3.63, 3.8) is 0 Å². The molecular formula is C22H25N3O. The summed E-state index contributed by atoms with van der Waals surface area (Å²) < 4.78 is 1.93. The molecule has 0 spiro atoms. The van der Waals surface area contributed by atoms with E-state index in [2.05, 4.69) is 12.0 Å². The van der Waals surface area contributed by atoms with Gasteiger partial charge >= 0.3 is 0 Å². The number of hydrogen-bond donors (Lipinski definition) is 0. The highest BCUT2D eigenvalue weighted by Gasteiger charge is 2.22. The molecule has 4 heteroatoms. The summed E-state index contributed by atoms with van der Waals surface area (Å²) in [5.41, 5.74) is 4.54. The van der Waals surface area contributed by atoms with E-state index in [0.29, 0.717) is 5.92 Å². The Morgan fingerprint density at radius 2 is 1.92 bits per heavy atom. The van der Waals surface area contributed by atoms with Crippen LogP contribution in [0.4, 0.5) is 0 Å². The largest absolute Gasteiger partial charge is 0.298 e. The Hall–Kier alpha value is -2.49. The number of hydrogen-bond acceptors (Lipinski definition) is 3. The van der Waals surface area contributed by atoms with E-state index in [9.17, 15) is 4.79 Å². The van der Waals surface area contributed by atoms with Gasteiger partial charge in [0, 0.05) is 23.1 Å². The van der Waals surface area contributed by atoms with Gasteiger partial charge in [0.15, 0.2) is 11.9 Å². The van der Waals surface area contributed by atoms with Gasteiger partial charge in [0.25, 0.3) is 0 Å². The molecule has 0 unspecified atom stereocenters. The van der Waals surface area contributed by atoms with Crippen molar-refractivity contribution in [3.8, 4) is 11.3 Å². The minimum atomic E-state index is 0.654. The lowest BCUT2D eigenvalue weighted by Crippen LogP contribution is -2.12. The number of carbonyl (C=O) groups is 1. The highest BCUT2D eigenvalue weighted by molar-refractivity contribution is 5.96. The Labute approximate surface area is 154 Å². The molecule has 0 amide bonds. The van der Waals surface area contributed by atoms with Gasteiger partial charge in [-0.05, 0) is 24.8 Å². The Morgan fingerprint density at radius 3 is 2.62 bits per heavy atom. The smallest absolute Gasteiger partial charge is 0.158 e. The highest BCUT2D eigenvalue weighted by Crippen LogP contribution is 2.34. The first-order valence-corrected chi connectivity index (χ1v) is 9.70. The van der Waals surface area contributed by atoms with Crippen molar-refractivity contribution in [1.82, 2.24) is 14.8 Å². The molecule has 2 heterocycles. The van der Waals surface area contributed by atoms with Gasteiger partial charge in [-0.3, -0.25) is 4.79 Å². The van der Waals surface area contributed by atoms with Gasteiger partial charge in [-0.25, -0.2) is 9.67 Å². The first-order chi connectivity index (χ1) is 12.8. The Bertz CT molecular complexity index is 908. The molecule has 1 aromatic carbocycles. The van der Waals surface area contributed by atoms with Gasteiger partial charge in [0.1, 0.15) is 0 Å². The van der Waals surface area contributed by atoms with Crippen molar-refractivity contribution in [2.24, 2.45) is 5.92 Å². The number of pyridine rings is 1. The summed E-state index contributed by atoms with van der Waals surface area (Å²) in [6.45, 7) is 2.85. The lowest BCUT2D eigenvalue weighted by Gasteiger charge is -2.23. The molecule has 4 nitrogen and oxygen atoms in total. The summed E-state index contributed by atoms with van der Waals surface area (Å²) in [5, 5.41) is 5.56. The zero-order valence-corrected chi connectivity index (χ0v) is 15.3. The van der Waals surface area contributed by atoms with E-state index in [1.165, 1.54) is 32.1 Å². The molecule has 0 radical (unpaired) electrons. The molecule has 3 aromatic rings. The summed E-state index contributed by atoms with van der Waals surface area (Å²) in [4.78, 5) is 17.0. The number of aldehydes is 1. The number of nitrogens with zero attached hydrogens (tertiary/aromatic N) is 3. The van der Waals surface area contributed by atoms with E-state index in [0.717, 1.165) is 52.7 Å². The van der Waals surface area contributed by atoms with Crippen molar-refractivity contribution in [2.75, 3.05) is 0 Å². The van der Waals surface area contributed by atoms with Crippen LogP contribution in [0.15, 0.2) is 36.5 Å². The molecule has 0 aliphatic heterocycles. The molecule has 1 aliphatic carbocycles. The van der Waals surface area contributed by atoms with Crippen molar-refractivity contribution >= 4 is 17.3 Å². The number of aromatic nitrogens is 3. The zero-order chi connectivity index (χ0) is 17.9. The third-order valence-corrected chi connectivity index (χ3v) is 5.62. The topological polar surface area (TPSA) is 47.8 Å². The fourth-order valence-electron chi connectivity index (χ4n) is 4.24. The normalized spacial score (nSPS) is 15.4. The van der Waals surface area contributed by atoms with Crippen LogP contribution < -0.4 is 0 Å². The molecule has 0 N–H and O–H groups in total. The summed E-state index contributed by atoms with van der Waals surface area (Å²) >= 11 is 0.